The first-order valence-electron chi connectivity index (χ1n) is 6.95. The van der Waals surface area contributed by atoms with Gasteiger partial charge in [0.25, 0.3) is 0 Å². The van der Waals surface area contributed by atoms with E-state index in [1.807, 2.05) is 54.6 Å². The predicted octanol–water partition coefficient (Wildman–Crippen LogP) is 1.37. The number of benzene rings is 2. The van der Waals surface area contributed by atoms with Crippen molar-refractivity contribution in [1.82, 2.24) is 5.32 Å². The van der Waals surface area contributed by atoms with Gasteiger partial charge in [0, 0.05) is 6.54 Å². The molecule has 0 bridgehead atoms. The van der Waals surface area contributed by atoms with Gasteiger partial charge in [0.05, 0.1) is 12.6 Å². The average molecular weight is 284 g/mol. The largest absolute Gasteiger partial charge is 0.392 e. The molecule has 1 atom stereocenters. The van der Waals surface area contributed by atoms with E-state index in [9.17, 15) is 4.79 Å². The topological polar surface area (TPSA) is 75.4 Å². The number of nitrogens with one attached hydrogen (secondary N) is 1. The lowest BCUT2D eigenvalue weighted by molar-refractivity contribution is -0.122. The quantitative estimate of drug-likeness (QED) is 0.750. The number of nitrogens with two attached hydrogens (primary N) is 1. The summed E-state index contributed by atoms with van der Waals surface area (Å²) in [4.78, 5) is 12.0. The highest BCUT2D eigenvalue weighted by Crippen LogP contribution is 2.05. The van der Waals surface area contributed by atoms with Crippen LogP contribution in [0, 0.1) is 0 Å². The SMILES string of the molecule is N[C@H](Cc1ccccc1)C(=O)NCc1ccc(CO)cc1. The van der Waals surface area contributed by atoms with Gasteiger partial charge in [-0.2, -0.15) is 0 Å². The fourth-order valence-electron chi connectivity index (χ4n) is 2.04. The number of rotatable bonds is 6. The highest BCUT2D eigenvalue weighted by Gasteiger charge is 2.13. The van der Waals surface area contributed by atoms with Gasteiger partial charge in [-0.3, -0.25) is 4.79 Å². The van der Waals surface area contributed by atoms with E-state index in [2.05, 4.69) is 5.32 Å². The zero-order chi connectivity index (χ0) is 15.1. The molecule has 0 radical (unpaired) electrons. The molecule has 2 aromatic rings. The van der Waals surface area contributed by atoms with E-state index >= 15 is 0 Å². The van der Waals surface area contributed by atoms with Crippen molar-refractivity contribution in [3.8, 4) is 0 Å². The predicted molar refractivity (Wildman–Crippen MR) is 82.3 cm³/mol. The summed E-state index contributed by atoms with van der Waals surface area (Å²) in [5.74, 6) is -0.162. The first kappa shape index (κ1) is 15.2. The molecular formula is C17H20N2O2. The summed E-state index contributed by atoms with van der Waals surface area (Å²) in [5, 5.41) is 11.8. The fourth-order valence-corrected chi connectivity index (χ4v) is 2.04. The van der Waals surface area contributed by atoms with Crippen LogP contribution in [0.2, 0.25) is 0 Å². The summed E-state index contributed by atoms with van der Waals surface area (Å²) in [6.07, 6.45) is 0.524. The maximum atomic E-state index is 12.0. The van der Waals surface area contributed by atoms with Gasteiger partial charge in [0.15, 0.2) is 0 Å². The Morgan fingerprint density at radius 3 is 2.24 bits per heavy atom. The molecule has 0 spiro atoms. The Labute approximate surface area is 124 Å². The van der Waals surface area contributed by atoms with Crippen molar-refractivity contribution >= 4 is 5.91 Å². The maximum absolute atomic E-state index is 12.0. The number of hydrogen-bond acceptors (Lipinski definition) is 3. The lowest BCUT2D eigenvalue weighted by Gasteiger charge is -2.12. The Balaban J connectivity index is 1.83. The van der Waals surface area contributed by atoms with E-state index in [-0.39, 0.29) is 12.5 Å². The maximum Gasteiger partial charge on any atom is 0.237 e. The summed E-state index contributed by atoms with van der Waals surface area (Å²) in [7, 11) is 0. The molecule has 0 saturated carbocycles. The zero-order valence-corrected chi connectivity index (χ0v) is 11.8. The van der Waals surface area contributed by atoms with Crippen molar-refractivity contribution in [3.05, 3.63) is 71.3 Å². The van der Waals surface area contributed by atoms with Crippen LogP contribution >= 0.6 is 0 Å². The van der Waals surface area contributed by atoms with Gasteiger partial charge in [-0.05, 0) is 23.1 Å². The molecule has 0 fully saturated rings. The lowest BCUT2D eigenvalue weighted by atomic mass is 10.1. The van der Waals surface area contributed by atoms with Gasteiger partial charge in [0.2, 0.25) is 5.91 Å². The van der Waals surface area contributed by atoms with Crippen LogP contribution in [0.4, 0.5) is 0 Å². The van der Waals surface area contributed by atoms with Crippen LogP contribution in [0.5, 0.6) is 0 Å². The van der Waals surface area contributed by atoms with Crippen LogP contribution in [0.25, 0.3) is 0 Å². The number of hydrogen-bond donors (Lipinski definition) is 3. The molecule has 0 aromatic heterocycles. The molecule has 1 amide bonds. The van der Waals surface area contributed by atoms with Crippen LogP contribution in [-0.4, -0.2) is 17.1 Å². The van der Waals surface area contributed by atoms with Gasteiger partial charge in [0.1, 0.15) is 0 Å². The Morgan fingerprint density at radius 1 is 1.00 bits per heavy atom. The molecular weight excluding hydrogens is 264 g/mol. The minimum absolute atomic E-state index is 0.0224. The highest BCUT2D eigenvalue weighted by molar-refractivity contribution is 5.81. The zero-order valence-electron chi connectivity index (χ0n) is 11.8. The summed E-state index contributed by atoms with van der Waals surface area (Å²) in [6, 6.07) is 16.6. The third-order valence-corrected chi connectivity index (χ3v) is 3.31. The van der Waals surface area contributed by atoms with Gasteiger partial charge in [-0.1, -0.05) is 54.6 Å². The molecule has 2 rings (SSSR count). The van der Waals surface area contributed by atoms with Crippen LogP contribution in [0.3, 0.4) is 0 Å². The van der Waals surface area contributed by atoms with Gasteiger partial charge in [-0.15, -0.1) is 0 Å². The molecule has 0 heterocycles. The lowest BCUT2D eigenvalue weighted by Crippen LogP contribution is -2.41. The molecule has 0 unspecified atom stereocenters. The van der Waals surface area contributed by atoms with E-state index in [1.54, 1.807) is 0 Å². The van der Waals surface area contributed by atoms with E-state index < -0.39 is 6.04 Å². The van der Waals surface area contributed by atoms with E-state index in [1.165, 1.54) is 0 Å². The Bertz CT molecular complexity index is 567. The molecule has 2 aromatic carbocycles. The normalized spacial score (nSPS) is 11.9. The van der Waals surface area contributed by atoms with Crippen molar-refractivity contribution in [2.24, 2.45) is 5.73 Å². The smallest absolute Gasteiger partial charge is 0.237 e. The first-order valence-corrected chi connectivity index (χ1v) is 6.95. The van der Waals surface area contributed by atoms with Crippen molar-refractivity contribution in [2.75, 3.05) is 0 Å². The number of aliphatic hydroxyl groups excluding tert-OH is 1. The second kappa shape index (κ2) is 7.57. The third kappa shape index (κ3) is 4.70. The van der Waals surface area contributed by atoms with E-state index in [0.29, 0.717) is 13.0 Å². The fraction of sp³-hybridized carbons (Fsp3) is 0.235. The highest BCUT2D eigenvalue weighted by atomic mass is 16.3. The standard InChI is InChI=1S/C17H20N2O2/c18-16(10-13-4-2-1-3-5-13)17(21)19-11-14-6-8-15(12-20)9-7-14/h1-9,16,20H,10-12,18H2,(H,19,21)/t16-/m1/s1. The molecule has 0 saturated heterocycles. The van der Waals surface area contributed by atoms with Gasteiger partial charge in [-0.25, -0.2) is 0 Å². The average Bonchev–Trinajstić information content (AvgIpc) is 2.54. The summed E-state index contributed by atoms with van der Waals surface area (Å²) >= 11 is 0. The van der Waals surface area contributed by atoms with Crippen molar-refractivity contribution < 1.29 is 9.90 Å². The number of aliphatic hydroxyl groups is 1. The van der Waals surface area contributed by atoms with Crippen LogP contribution in [-0.2, 0) is 24.4 Å². The van der Waals surface area contributed by atoms with E-state index in [0.717, 1.165) is 16.7 Å². The molecule has 110 valence electrons. The van der Waals surface area contributed by atoms with Crippen molar-refractivity contribution in [3.63, 3.8) is 0 Å². The van der Waals surface area contributed by atoms with Crippen LogP contribution in [0.15, 0.2) is 54.6 Å². The molecule has 4 heteroatoms. The molecule has 4 nitrogen and oxygen atoms in total. The summed E-state index contributed by atoms with van der Waals surface area (Å²) in [5.41, 5.74) is 8.79. The summed E-state index contributed by atoms with van der Waals surface area (Å²) < 4.78 is 0. The molecule has 0 aliphatic rings. The second-order valence-electron chi connectivity index (χ2n) is 4.99. The number of carbonyl (C=O) groups excluding carboxylic acids is 1. The number of carbonyl (C=O) groups is 1. The van der Waals surface area contributed by atoms with Crippen molar-refractivity contribution in [2.45, 2.75) is 25.6 Å². The second-order valence-corrected chi connectivity index (χ2v) is 4.99. The minimum Gasteiger partial charge on any atom is -0.392 e. The third-order valence-electron chi connectivity index (χ3n) is 3.31. The number of amides is 1. The Morgan fingerprint density at radius 2 is 1.62 bits per heavy atom. The van der Waals surface area contributed by atoms with Gasteiger partial charge < -0.3 is 16.2 Å². The molecule has 4 N–H and O–H groups in total. The minimum atomic E-state index is -0.552. The molecule has 0 aliphatic heterocycles. The monoisotopic (exact) mass is 284 g/mol. The molecule has 21 heavy (non-hydrogen) atoms. The first-order chi connectivity index (χ1) is 10.2. The van der Waals surface area contributed by atoms with Crippen LogP contribution < -0.4 is 11.1 Å². The summed E-state index contributed by atoms with van der Waals surface area (Å²) in [6.45, 7) is 0.460. The van der Waals surface area contributed by atoms with Gasteiger partial charge >= 0.3 is 0 Å². The van der Waals surface area contributed by atoms with E-state index in [4.69, 9.17) is 10.8 Å². The Kier molecular flexibility index (Phi) is 5.49. The van der Waals surface area contributed by atoms with Crippen LogP contribution in [0.1, 0.15) is 16.7 Å². The molecule has 0 aliphatic carbocycles. The van der Waals surface area contributed by atoms with Crippen molar-refractivity contribution in [1.29, 1.82) is 0 Å². The Hall–Kier alpha value is -2.17.